The molecule has 1 saturated carbocycles. The van der Waals surface area contributed by atoms with Gasteiger partial charge in [0.1, 0.15) is 0 Å². The molecule has 2 aliphatic rings. The summed E-state index contributed by atoms with van der Waals surface area (Å²) in [5, 5.41) is 0. The molecule has 2 nitrogen and oxygen atoms in total. The van der Waals surface area contributed by atoms with Gasteiger partial charge in [-0.05, 0) is 19.8 Å². The van der Waals surface area contributed by atoms with Crippen LogP contribution < -0.4 is 0 Å². The van der Waals surface area contributed by atoms with E-state index in [1.165, 1.54) is 6.92 Å². The van der Waals surface area contributed by atoms with Crippen molar-refractivity contribution in [2.24, 2.45) is 5.92 Å². The normalized spacial score (nSPS) is 27.0. The molecule has 0 amide bonds. The summed E-state index contributed by atoms with van der Waals surface area (Å²) in [6, 6.07) is 0. The maximum Gasteiger partial charge on any atom is 0.994 e. The molecule has 2 rings (SSSR count). The molecule has 1 heterocycles. The van der Waals surface area contributed by atoms with E-state index in [0.29, 0.717) is 5.78 Å². The summed E-state index contributed by atoms with van der Waals surface area (Å²) in [6.07, 6.45) is 4.57. The molecule has 0 unspecified atom stereocenters. The number of carbonyl (C=O) groups excluding carboxylic acids is 1. The van der Waals surface area contributed by atoms with Crippen LogP contribution in [-0.4, -0.2) is 12.9 Å². The van der Waals surface area contributed by atoms with Crippen LogP contribution in [-0.2, 0) is 9.00 Å². The number of hydrogen-bond acceptors (Lipinski definition) is 1. The molecule has 1 aliphatic heterocycles. The van der Waals surface area contributed by atoms with Gasteiger partial charge in [0.05, 0.1) is 17.8 Å². The lowest BCUT2D eigenvalue weighted by molar-refractivity contribution is -0.368. The highest BCUT2D eigenvalue weighted by Crippen LogP contribution is 2.31. The van der Waals surface area contributed by atoms with E-state index < -0.39 is 7.11 Å². The Morgan fingerprint density at radius 1 is 1.54 bits per heavy atom. The molecule has 0 spiro atoms. The minimum absolute atomic E-state index is 0.187. The molecular formula is C8H11BF2O2. The fourth-order valence-corrected chi connectivity index (χ4v) is 1.57. The van der Waals surface area contributed by atoms with Crippen LogP contribution in [0.5, 0.6) is 0 Å². The summed E-state index contributed by atoms with van der Waals surface area (Å²) in [6.45, 7) is 1.52. The molecule has 0 radical (unpaired) electrons. The second kappa shape index (κ2) is 2.82. The Morgan fingerprint density at radius 2 is 2.23 bits per heavy atom. The van der Waals surface area contributed by atoms with E-state index in [4.69, 9.17) is 0 Å². The Morgan fingerprint density at radius 3 is 2.69 bits per heavy atom. The molecule has 1 aliphatic carbocycles. The van der Waals surface area contributed by atoms with Crippen molar-refractivity contribution in [3.63, 3.8) is 0 Å². The first kappa shape index (κ1) is 8.72. The van der Waals surface area contributed by atoms with Crippen LogP contribution in [0.4, 0.5) is 8.63 Å². The van der Waals surface area contributed by atoms with E-state index >= 15 is 0 Å². The van der Waals surface area contributed by atoms with Crippen LogP contribution in [0.3, 0.4) is 0 Å². The summed E-state index contributed by atoms with van der Waals surface area (Å²) in [5.74, 6) is 0.838. The monoisotopic (exact) mass is 188 g/mol. The average Bonchev–Trinajstić information content (AvgIpc) is 1.75. The predicted molar refractivity (Wildman–Crippen MR) is 45.2 cm³/mol. The maximum atomic E-state index is 12.8. The molecule has 72 valence electrons. The van der Waals surface area contributed by atoms with Gasteiger partial charge in [-0.2, -0.15) is 0 Å². The molecule has 0 bridgehead atoms. The molecule has 13 heavy (non-hydrogen) atoms. The average molecular weight is 188 g/mol. The Hall–Kier alpha value is -0.865. The molecular weight excluding hydrogens is 177 g/mol. The van der Waals surface area contributed by atoms with E-state index in [1.54, 1.807) is 6.08 Å². The first-order valence-corrected chi connectivity index (χ1v) is 4.50. The molecule has 0 aromatic carbocycles. The predicted octanol–water partition coefficient (Wildman–Crippen LogP) is 2.20. The Bertz CT molecular complexity index is 282. The van der Waals surface area contributed by atoms with E-state index in [-0.39, 0.29) is 11.7 Å². The smallest absolute Gasteiger partial charge is 0.572 e. The van der Waals surface area contributed by atoms with E-state index in [9.17, 15) is 8.63 Å². The highest BCUT2D eigenvalue weighted by atomic mass is 19.3. The molecule has 0 aromatic rings. The first-order chi connectivity index (χ1) is 6.07. The number of halogens is 2. The van der Waals surface area contributed by atoms with Gasteiger partial charge in [-0.3, -0.25) is 0 Å². The Kier molecular flexibility index (Phi) is 1.89. The number of hydrogen-bond donors (Lipinski definition) is 0. The second-order valence-electron chi connectivity index (χ2n) is 3.56. The SMILES string of the molecule is CC1=CC(C2CCC2)=[O+][B-](F)(F)O1. The van der Waals surface area contributed by atoms with Crippen LogP contribution in [0.25, 0.3) is 0 Å². The van der Waals surface area contributed by atoms with Gasteiger partial charge in [-0.1, -0.05) is 6.42 Å². The molecule has 5 heteroatoms. The van der Waals surface area contributed by atoms with Crippen LogP contribution >= 0.6 is 0 Å². The first-order valence-electron chi connectivity index (χ1n) is 4.50. The molecule has 1 fully saturated rings. The van der Waals surface area contributed by atoms with Crippen molar-refractivity contribution < 1.29 is 17.6 Å². The van der Waals surface area contributed by atoms with Crippen molar-refractivity contribution >= 4 is 12.9 Å². The highest BCUT2D eigenvalue weighted by Gasteiger charge is 2.53. The maximum absolute atomic E-state index is 12.8. The van der Waals surface area contributed by atoms with Crippen molar-refractivity contribution in [3.05, 3.63) is 11.8 Å². The zero-order valence-electron chi connectivity index (χ0n) is 7.43. The quantitative estimate of drug-likeness (QED) is 0.456. The van der Waals surface area contributed by atoms with Crippen LogP contribution in [0.2, 0.25) is 0 Å². The number of rotatable bonds is 1. The van der Waals surface area contributed by atoms with Gasteiger partial charge in [-0.15, -0.1) is 0 Å². The summed E-state index contributed by atoms with van der Waals surface area (Å²) >= 11 is 0. The van der Waals surface area contributed by atoms with Gasteiger partial charge < -0.3 is 17.6 Å². The van der Waals surface area contributed by atoms with Gasteiger partial charge in [0, 0.05) is 0 Å². The highest BCUT2D eigenvalue weighted by molar-refractivity contribution is 6.50. The second-order valence-corrected chi connectivity index (χ2v) is 3.56. The molecule has 0 N–H and O–H groups in total. The third-order valence-corrected chi connectivity index (χ3v) is 2.45. The van der Waals surface area contributed by atoms with Crippen molar-refractivity contribution in [2.75, 3.05) is 0 Å². The fourth-order valence-electron chi connectivity index (χ4n) is 1.57. The summed E-state index contributed by atoms with van der Waals surface area (Å²) in [4.78, 5) is 0. The third kappa shape index (κ3) is 1.74. The summed E-state index contributed by atoms with van der Waals surface area (Å²) < 4.78 is 34.3. The molecule has 0 atom stereocenters. The van der Waals surface area contributed by atoms with Crippen LogP contribution in [0.1, 0.15) is 26.2 Å². The van der Waals surface area contributed by atoms with Crippen molar-refractivity contribution in [2.45, 2.75) is 26.2 Å². The minimum Gasteiger partial charge on any atom is -0.572 e. The zero-order valence-corrected chi connectivity index (χ0v) is 7.43. The largest absolute Gasteiger partial charge is 0.994 e. The number of allylic oxidation sites excluding steroid dienone is 2. The van der Waals surface area contributed by atoms with Crippen LogP contribution in [0.15, 0.2) is 11.8 Å². The van der Waals surface area contributed by atoms with Gasteiger partial charge in [0.2, 0.25) is 0 Å². The molecule has 0 aromatic heterocycles. The minimum atomic E-state index is -4.10. The lowest BCUT2D eigenvalue weighted by Gasteiger charge is -2.25. The topological polar surface area (TPSA) is 20.5 Å². The summed E-state index contributed by atoms with van der Waals surface area (Å²) in [7, 11) is -4.10. The van der Waals surface area contributed by atoms with E-state index in [0.717, 1.165) is 19.3 Å². The third-order valence-electron chi connectivity index (χ3n) is 2.45. The van der Waals surface area contributed by atoms with Crippen molar-refractivity contribution in [1.82, 2.24) is 0 Å². The number of ketones is 1. The fraction of sp³-hybridized carbons (Fsp3) is 0.625. The summed E-state index contributed by atoms with van der Waals surface area (Å²) in [5.41, 5.74) is 0. The lowest BCUT2D eigenvalue weighted by atomic mass is 9.81. The van der Waals surface area contributed by atoms with Crippen LogP contribution in [0, 0.1) is 5.92 Å². The molecule has 0 saturated heterocycles. The van der Waals surface area contributed by atoms with E-state index in [2.05, 4.69) is 9.00 Å². The Balaban J connectivity index is 2.20. The standard InChI is InChI=1S/C8H11BF2O2/c1-6-5-8(7-3-2-4-7)13-9(10,11)12-6/h5,7H,2-4H2,1H3. The van der Waals surface area contributed by atoms with Gasteiger partial charge >= 0.3 is 7.11 Å². The van der Waals surface area contributed by atoms with Gasteiger partial charge in [0.15, 0.2) is 0 Å². The zero-order chi connectivity index (χ0) is 9.47. The van der Waals surface area contributed by atoms with Gasteiger partial charge in [-0.25, -0.2) is 0 Å². The van der Waals surface area contributed by atoms with Crippen molar-refractivity contribution in [1.29, 1.82) is 0 Å². The van der Waals surface area contributed by atoms with Gasteiger partial charge in [0.25, 0.3) is 5.78 Å². The van der Waals surface area contributed by atoms with Crippen molar-refractivity contribution in [3.8, 4) is 0 Å². The van der Waals surface area contributed by atoms with E-state index in [1.807, 2.05) is 0 Å². The lowest BCUT2D eigenvalue weighted by Crippen LogP contribution is -2.37. The Labute approximate surface area is 75.3 Å².